The summed E-state index contributed by atoms with van der Waals surface area (Å²) in [7, 11) is 4.89. The van der Waals surface area contributed by atoms with E-state index in [1.807, 2.05) is 24.3 Å². The van der Waals surface area contributed by atoms with Gasteiger partial charge in [0.15, 0.2) is 0 Å². The lowest BCUT2D eigenvalue weighted by Crippen LogP contribution is -2.06. The predicted octanol–water partition coefficient (Wildman–Crippen LogP) is 2.79. The van der Waals surface area contributed by atoms with Gasteiger partial charge in [0.05, 0.1) is 32.8 Å². The minimum atomic E-state index is -0.448. The zero-order valence-corrected chi connectivity index (χ0v) is 12.3. The van der Waals surface area contributed by atoms with E-state index in [1.54, 1.807) is 28.3 Å². The smallest absolute Gasteiger partial charge is 0.130 e. The highest BCUT2D eigenvalue weighted by molar-refractivity contribution is 5.99. The van der Waals surface area contributed by atoms with Crippen LogP contribution in [0, 0.1) is 0 Å². The Hall–Kier alpha value is -1.94. The van der Waals surface area contributed by atoms with Crippen LogP contribution in [0.3, 0.4) is 0 Å². The van der Waals surface area contributed by atoms with Crippen molar-refractivity contribution in [2.24, 2.45) is 0 Å². The Labute approximate surface area is 118 Å². The quantitative estimate of drug-likeness (QED) is 0.912. The molecule has 0 aliphatic heterocycles. The third-order valence-electron chi connectivity index (χ3n) is 3.27. The summed E-state index contributed by atoms with van der Waals surface area (Å²) in [6, 6.07) is 7.66. The van der Waals surface area contributed by atoms with Gasteiger partial charge in [-0.05, 0) is 19.1 Å². The van der Waals surface area contributed by atoms with Crippen molar-refractivity contribution in [3.63, 3.8) is 0 Å². The fourth-order valence-electron chi connectivity index (χ4n) is 2.49. The number of aliphatic hydroxyl groups excluding tert-OH is 1. The molecule has 4 heteroatoms. The molecule has 0 aliphatic carbocycles. The second kappa shape index (κ2) is 6.01. The lowest BCUT2D eigenvalue weighted by molar-refractivity contribution is 0.194. The molecule has 0 fully saturated rings. The predicted molar refractivity (Wildman–Crippen MR) is 79.0 cm³/mol. The summed E-state index contributed by atoms with van der Waals surface area (Å²) in [5, 5.41) is 11.4. The highest BCUT2D eigenvalue weighted by Crippen LogP contribution is 2.41. The number of methoxy groups -OCH3 is 3. The summed E-state index contributed by atoms with van der Waals surface area (Å²) in [4.78, 5) is 0. The molecule has 0 saturated heterocycles. The first kappa shape index (κ1) is 14.5. The molecule has 0 aromatic heterocycles. The van der Waals surface area contributed by atoms with Crippen LogP contribution < -0.4 is 14.2 Å². The lowest BCUT2D eigenvalue weighted by atomic mass is 9.99. The van der Waals surface area contributed by atoms with E-state index >= 15 is 0 Å². The zero-order chi connectivity index (χ0) is 14.7. The molecule has 0 heterocycles. The maximum absolute atomic E-state index is 9.64. The van der Waals surface area contributed by atoms with Crippen LogP contribution in [-0.2, 0) is 6.42 Å². The molecule has 0 radical (unpaired) electrons. The van der Waals surface area contributed by atoms with Crippen molar-refractivity contribution in [3.05, 3.63) is 29.8 Å². The van der Waals surface area contributed by atoms with Crippen LogP contribution in [0.15, 0.2) is 24.3 Å². The topological polar surface area (TPSA) is 47.9 Å². The molecule has 20 heavy (non-hydrogen) atoms. The van der Waals surface area contributed by atoms with Gasteiger partial charge in [-0.2, -0.15) is 0 Å². The lowest BCUT2D eigenvalue weighted by Gasteiger charge is -2.17. The largest absolute Gasteiger partial charge is 0.496 e. The monoisotopic (exact) mass is 276 g/mol. The fraction of sp³-hybridized carbons (Fsp3) is 0.375. The molecule has 0 unspecified atom stereocenters. The van der Waals surface area contributed by atoms with Crippen molar-refractivity contribution in [1.82, 2.24) is 0 Å². The van der Waals surface area contributed by atoms with Crippen molar-refractivity contribution in [1.29, 1.82) is 0 Å². The molecule has 0 amide bonds. The number of hydrogen-bond acceptors (Lipinski definition) is 4. The van der Waals surface area contributed by atoms with Gasteiger partial charge < -0.3 is 19.3 Å². The van der Waals surface area contributed by atoms with E-state index in [0.29, 0.717) is 12.2 Å². The minimum absolute atomic E-state index is 0.448. The van der Waals surface area contributed by atoms with Crippen LogP contribution in [0.2, 0.25) is 0 Å². The van der Waals surface area contributed by atoms with E-state index in [9.17, 15) is 5.11 Å². The molecular formula is C16H20O4. The van der Waals surface area contributed by atoms with Gasteiger partial charge in [0, 0.05) is 17.4 Å². The van der Waals surface area contributed by atoms with Gasteiger partial charge in [0.1, 0.15) is 17.2 Å². The summed E-state index contributed by atoms with van der Waals surface area (Å²) >= 11 is 0. The van der Waals surface area contributed by atoms with Crippen molar-refractivity contribution in [3.8, 4) is 17.2 Å². The van der Waals surface area contributed by atoms with Crippen LogP contribution in [0.4, 0.5) is 0 Å². The van der Waals surface area contributed by atoms with Crippen LogP contribution in [0.25, 0.3) is 10.8 Å². The van der Waals surface area contributed by atoms with E-state index in [1.165, 1.54) is 0 Å². The molecule has 108 valence electrons. The molecule has 2 aromatic rings. The van der Waals surface area contributed by atoms with Gasteiger partial charge in [0.2, 0.25) is 0 Å². The van der Waals surface area contributed by atoms with Gasteiger partial charge >= 0.3 is 0 Å². The third kappa shape index (κ3) is 2.51. The second-order valence-corrected chi connectivity index (χ2v) is 4.71. The summed E-state index contributed by atoms with van der Waals surface area (Å²) < 4.78 is 16.4. The average Bonchev–Trinajstić information content (AvgIpc) is 2.44. The van der Waals surface area contributed by atoms with Crippen LogP contribution in [0.5, 0.6) is 17.2 Å². The SMILES string of the molecule is COc1c(C[C@H](C)O)cc(OC)c2c(OC)cccc12. The van der Waals surface area contributed by atoms with Gasteiger partial charge in [-0.1, -0.05) is 12.1 Å². The highest BCUT2D eigenvalue weighted by atomic mass is 16.5. The molecule has 0 bridgehead atoms. The van der Waals surface area contributed by atoms with Crippen LogP contribution >= 0.6 is 0 Å². The van der Waals surface area contributed by atoms with Crippen molar-refractivity contribution >= 4 is 10.8 Å². The normalized spacial score (nSPS) is 12.2. The molecule has 0 saturated carbocycles. The Bertz CT molecular complexity index is 605. The van der Waals surface area contributed by atoms with E-state index in [4.69, 9.17) is 14.2 Å². The first-order valence-electron chi connectivity index (χ1n) is 6.51. The first-order valence-corrected chi connectivity index (χ1v) is 6.51. The molecule has 1 N–H and O–H groups in total. The standard InChI is InChI=1S/C16H20O4/c1-10(17)8-11-9-14(19-3)15-12(16(11)20-4)6-5-7-13(15)18-2/h5-7,9-10,17H,8H2,1-4H3/t10-/m0/s1. The molecule has 0 spiro atoms. The van der Waals surface area contributed by atoms with Gasteiger partial charge in [-0.15, -0.1) is 0 Å². The Morgan fingerprint density at radius 3 is 2.30 bits per heavy atom. The van der Waals surface area contributed by atoms with Crippen LogP contribution in [0.1, 0.15) is 12.5 Å². The molecule has 2 aromatic carbocycles. The fourth-order valence-corrected chi connectivity index (χ4v) is 2.49. The maximum Gasteiger partial charge on any atom is 0.130 e. The zero-order valence-electron chi connectivity index (χ0n) is 12.3. The number of benzene rings is 2. The van der Waals surface area contributed by atoms with Crippen LogP contribution in [-0.4, -0.2) is 32.5 Å². The first-order chi connectivity index (χ1) is 9.62. The van der Waals surface area contributed by atoms with E-state index in [-0.39, 0.29) is 0 Å². The van der Waals surface area contributed by atoms with Crippen molar-refractivity contribution in [2.45, 2.75) is 19.4 Å². The summed E-state index contributed by atoms with van der Waals surface area (Å²) in [5.41, 5.74) is 0.917. The highest BCUT2D eigenvalue weighted by Gasteiger charge is 2.17. The average molecular weight is 276 g/mol. The Kier molecular flexibility index (Phi) is 4.35. The molecule has 1 atom stereocenters. The third-order valence-corrected chi connectivity index (χ3v) is 3.27. The molecule has 2 rings (SSSR count). The Morgan fingerprint density at radius 1 is 1.05 bits per heavy atom. The molecule has 4 nitrogen and oxygen atoms in total. The summed E-state index contributed by atoms with van der Waals surface area (Å²) in [6.45, 7) is 1.75. The van der Waals surface area contributed by atoms with E-state index in [2.05, 4.69) is 0 Å². The Morgan fingerprint density at radius 2 is 1.75 bits per heavy atom. The van der Waals surface area contributed by atoms with Crippen molar-refractivity contribution < 1.29 is 19.3 Å². The van der Waals surface area contributed by atoms with E-state index in [0.717, 1.165) is 27.8 Å². The molecule has 0 aliphatic rings. The second-order valence-electron chi connectivity index (χ2n) is 4.71. The number of ether oxygens (including phenoxy) is 3. The number of fused-ring (bicyclic) bond motifs is 1. The summed E-state index contributed by atoms with van der Waals surface area (Å²) in [5.74, 6) is 2.20. The van der Waals surface area contributed by atoms with Crippen molar-refractivity contribution in [2.75, 3.05) is 21.3 Å². The number of rotatable bonds is 5. The van der Waals surface area contributed by atoms with Gasteiger partial charge in [0.25, 0.3) is 0 Å². The van der Waals surface area contributed by atoms with E-state index < -0.39 is 6.10 Å². The number of hydrogen-bond donors (Lipinski definition) is 1. The summed E-state index contributed by atoms with van der Waals surface area (Å²) in [6.07, 6.45) is 0.0591. The Balaban J connectivity index is 2.79. The van der Waals surface area contributed by atoms with Gasteiger partial charge in [-0.3, -0.25) is 0 Å². The maximum atomic E-state index is 9.64. The molecular weight excluding hydrogens is 256 g/mol. The number of aliphatic hydroxyl groups is 1. The van der Waals surface area contributed by atoms with Gasteiger partial charge in [-0.25, -0.2) is 0 Å². The minimum Gasteiger partial charge on any atom is -0.496 e.